The van der Waals surface area contributed by atoms with Gasteiger partial charge in [-0.25, -0.2) is 4.79 Å². The third-order valence-corrected chi connectivity index (χ3v) is 5.35. The van der Waals surface area contributed by atoms with Crippen molar-refractivity contribution in [2.45, 2.75) is 31.2 Å². The number of carbonyl (C=O) groups is 2. The number of rotatable bonds is 4. The van der Waals surface area contributed by atoms with Gasteiger partial charge in [-0.2, -0.15) is 0 Å². The Morgan fingerprint density at radius 3 is 2.75 bits per heavy atom. The van der Waals surface area contributed by atoms with Crippen LogP contribution >= 0.6 is 0 Å². The maximum absolute atomic E-state index is 12.4. The van der Waals surface area contributed by atoms with Gasteiger partial charge in [-0.05, 0) is 18.9 Å². The van der Waals surface area contributed by atoms with Crippen LogP contribution in [-0.4, -0.2) is 48.2 Å². The Bertz CT molecular complexity index is 815. The minimum atomic E-state index is -0.207. The second-order valence-electron chi connectivity index (χ2n) is 7.14. The molecule has 0 bridgehead atoms. The summed E-state index contributed by atoms with van der Waals surface area (Å²) in [5.41, 5.74) is 1.92. The molecule has 1 aromatic heterocycles. The maximum Gasteiger partial charge on any atom is 0.317 e. The van der Waals surface area contributed by atoms with Crippen molar-refractivity contribution in [3.63, 3.8) is 0 Å². The molecular weight excluding hydrogens is 360 g/mol. The number of fused-ring (bicyclic) bond motifs is 1. The minimum Gasteiger partial charge on any atom is -0.493 e. The SMILES string of the molecule is O=C(CNC(=O)N1CCC(c2ccon2)CC1)NC1CCOc2ccccc21. The van der Waals surface area contributed by atoms with Crippen LogP contribution < -0.4 is 15.4 Å². The summed E-state index contributed by atoms with van der Waals surface area (Å²) in [4.78, 5) is 26.4. The second-order valence-corrected chi connectivity index (χ2v) is 7.14. The Labute approximate surface area is 163 Å². The average molecular weight is 384 g/mol. The Morgan fingerprint density at radius 2 is 1.96 bits per heavy atom. The Balaban J connectivity index is 1.23. The highest BCUT2D eigenvalue weighted by Crippen LogP contribution is 2.31. The van der Waals surface area contributed by atoms with Crippen molar-refractivity contribution in [2.24, 2.45) is 0 Å². The summed E-state index contributed by atoms with van der Waals surface area (Å²) in [6.45, 7) is 1.80. The molecule has 0 radical (unpaired) electrons. The summed E-state index contributed by atoms with van der Waals surface area (Å²) in [7, 11) is 0. The van der Waals surface area contributed by atoms with E-state index >= 15 is 0 Å². The second kappa shape index (κ2) is 8.33. The van der Waals surface area contributed by atoms with Gasteiger partial charge in [0.25, 0.3) is 0 Å². The molecule has 1 saturated heterocycles. The van der Waals surface area contributed by atoms with E-state index in [2.05, 4.69) is 15.8 Å². The van der Waals surface area contributed by atoms with E-state index in [1.165, 1.54) is 0 Å². The molecule has 1 unspecified atom stereocenters. The molecule has 1 fully saturated rings. The number of benzene rings is 1. The van der Waals surface area contributed by atoms with E-state index in [1.807, 2.05) is 30.3 Å². The number of aromatic nitrogens is 1. The van der Waals surface area contributed by atoms with E-state index in [4.69, 9.17) is 9.26 Å². The predicted octanol–water partition coefficient (Wildman–Crippen LogP) is 2.20. The zero-order chi connectivity index (χ0) is 19.3. The first kappa shape index (κ1) is 18.3. The van der Waals surface area contributed by atoms with E-state index in [0.717, 1.165) is 29.8 Å². The molecule has 2 N–H and O–H groups in total. The van der Waals surface area contributed by atoms with E-state index in [-0.39, 0.29) is 24.5 Å². The number of piperidine rings is 1. The first-order valence-electron chi connectivity index (χ1n) is 9.65. The van der Waals surface area contributed by atoms with Gasteiger partial charge in [-0.1, -0.05) is 23.4 Å². The van der Waals surface area contributed by atoms with Crippen LogP contribution in [0.4, 0.5) is 4.79 Å². The predicted molar refractivity (Wildman–Crippen MR) is 101 cm³/mol. The third kappa shape index (κ3) is 4.11. The summed E-state index contributed by atoms with van der Waals surface area (Å²) in [6, 6.07) is 9.27. The van der Waals surface area contributed by atoms with Gasteiger partial charge >= 0.3 is 6.03 Å². The lowest BCUT2D eigenvalue weighted by atomic mass is 9.94. The summed E-state index contributed by atoms with van der Waals surface area (Å²) >= 11 is 0. The number of amides is 3. The molecule has 1 atom stereocenters. The maximum atomic E-state index is 12.4. The molecule has 2 aliphatic heterocycles. The Morgan fingerprint density at radius 1 is 1.14 bits per heavy atom. The van der Waals surface area contributed by atoms with Gasteiger partial charge in [-0.15, -0.1) is 0 Å². The number of nitrogens with one attached hydrogen (secondary N) is 2. The van der Waals surface area contributed by atoms with Crippen molar-refractivity contribution < 1.29 is 18.8 Å². The standard InChI is InChI=1S/C20H24N4O4/c25-19(22-17-7-11-27-18-4-2-1-3-15(17)18)13-21-20(26)24-9-5-14(6-10-24)16-8-12-28-23-16/h1-4,8,12,14,17H,5-7,9-11,13H2,(H,21,26)(H,22,25). The smallest absolute Gasteiger partial charge is 0.317 e. The van der Waals surface area contributed by atoms with Crippen LogP contribution in [0.25, 0.3) is 0 Å². The lowest BCUT2D eigenvalue weighted by molar-refractivity contribution is -0.121. The number of carbonyl (C=O) groups excluding carboxylic acids is 2. The number of nitrogens with zero attached hydrogens (tertiary/aromatic N) is 2. The third-order valence-electron chi connectivity index (χ3n) is 5.35. The summed E-state index contributed by atoms with van der Waals surface area (Å²) in [5, 5.41) is 9.70. The van der Waals surface area contributed by atoms with Crippen molar-refractivity contribution in [1.29, 1.82) is 0 Å². The molecule has 0 spiro atoms. The van der Waals surface area contributed by atoms with E-state index in [9.17, 15) is 9.59 Å². The summed E-state index contributed by atoms with van der Waals surface area (Å²) < 4.78 is 10.5. The first-order chi connectivity index (χ1) is 13.7. The highest BCUT2D eigenvalue weighted by atomic mass is 16.5. The van der Waals surface area contributed by atoms with Crippen molar-refractivity contribution in [3.8, 4) is 5.75 Å². The minimum absolute atomic E-state index is 0.0401. The quantitative estimate of drug-likeness (QED) is 0.842. The van der Waals surface area contributed by atoms with Crippen LogP contribution in [0.2, 0.25) is 0 Å². The molecule has 0 saturated carbocycles. The monoisotopic (exact) mass is 384 g/mol. The fourth-order valence-electron chi connectivity index (χ4n) is 3.82. The van der Waals surface area contributed by atoms with Crippen molar-refractivity contribution in [2.75, 3.05) is 26.2 Å². The summed E-state index contributed by atoms with van der Waals surface area (Å²) in [5.74, 6) is 0.922. The molecule has 8 heteroatoms. The Kier molecular flexibility index (Phi) is 5.45. The average Bonchev–Trinajstić information content (AvgIpc) is 3.27. The van der Waals surface area contributed by atoms with Crippen LogP contribution in [0, 0.1) is 0 Å². The van der Waals surface area contributed by atoms with Gasteiger partial charge in [0, 0.05) is 37.1 Å². The zero-order valence-corrected chi connectivity index (χ0v) is 15.6. The molecule has 0 aliphatic carbocycles. The number of ether oxygens (including phenoxy) is 1. The fourth-order valence-corrected chi connectivity index (χ4v) is 3.82. The van der Waals surface area contributed by atoms with E-state index < -0.39 is 0 Å². The Hall–Kier alpha value is -3.03. The topological polar surface area (TPSA) is 96.7 Å². The van der Waals surface area contributed by atoms with Gasteiger partial charge < -0.3 is 24.8 Å². The van der Waals surface area contributed by atoms with E-state index in [1.54, 1.807) is 11.2 Å². The lowest BCUT2D eigenvalue weighted by Gasteiger charge is -2.31. The molecule has 3 amide bonds. The molecule has 1 aromatic carbocycles. The molecule has 2 aliphatic rings. The molecule has 8 nitrogen and oxygen atoms in total. The zero-order valence-electron chi connectivity index (χ0n) is 15.6. The molecule has 28 heavy (non-hydrogen) atoms. The van der Waals surface area contributed by atoms with Crippen molar-refractivity contribution in [1.82, 2.24) is 20.7 Å². The molecule has 4 rings (SSSR count). The highest BCUT2D eigenvalue weighted by molar-refractivity contribution is 5.84. The van der Waals surface area contributed by atoms with Gasteiger partial charge in [0.15, 0.2) is 0 Å². The van der Waals surface area contributed by atoms with Crippen LogP contribution in [0.1, 0.15) is 42.5 Å². The van der Waals surface area contributed by atoms with Crippen LogP contribution in [0.5, 0.6) is 5.75 Å². The van der Waals surface area contributed by atoms with Crippen LogP contribution in [0.15, 0.2) is 41.1 Å². The lowest BCUT2D eigenvalue weighted by Crippen LogP contribution is -2.47. The van der Waals surface area contributed by atoms with Gasteiger partial charge in [-0.3, -0.25) is 4.79 Å². The van der Waals surface area contributed by atoms with E-state index in [0.29, 0.717) is 32.0 Å². The van der Waals surface area contributed by atoms with Crippen molar-refractivity contribution in [3.05, 3.63) is 47.9 Å². The normalized spacial score (nSPS) is 19.4. The molecular formula is C20H24N4O4. The van der Waals surface area contributed by atoms with Gasteiger partial charge in [0.2, 0.25) is 5.91 Å². The molecule has 3 heterocycles. The number of likely N-dealkylation sites (tertiary alicyclic amines) is 1. The molecule has 2 aromatic rings. The first-order valence-corrected chi connectivity index (χ1v) is 9.65. The number of urea groups is 1. The van der Waals surface area contributed by atoms with Gasteiger partial charge in [0.1, 0.15) is 12.0 Å². The van der Waals surface area contributed by atoms with Gasteiger partial charge in [0.05, 0.1) is 24.9 Å². The fraction of sp³-hybridized carbons (Fsp3) is 0.450. The summed E-state index contributed by atoms with van der Waals surface area (Å²) in [6.07, 6.45) is 3.96. The van der Waals surface area contributed by atoms with Crippen molar-refractivity contribution >= 4 is 11.9 Å². The van der Waals surface area contributed by atoms with Crippen LogP contribution in [0.3, 0.4) is 0 Å². The van der Waals surface area contributed by atoms with Crippen LogP contribution in [-0.2, 0) is 4.79 Å². The number of para-hydroxylation sites is 1. The number of hydrogen-bond donors (Lipinski definition) is 2. The number of hydrogen-bond acceptors (Lipinski definition) is 5. The largest absolute Gasteiger partial charge is 0.493 e. The molecule has 148 valence electrons. The highest BCUT2D eigenvalue weighted by Gasteiger charge is 2.26.